The topological polar surface area (TPSA) is 78.5 Å². The first-order valence-electron chi connectivity index (χ1n) is 10.2. The van der Waals surface area contributed by atoms with Crippen molar-refractivity contribution in [1.29, 1.82) is 0 Å². The summed E-state index contributed by atoms with van der Waals surface area (Å²) in [6, 6.07) is 15.7. The number of anilines is 2. The number of para-hydroxylation sites is 2. The predicted octanol–water partition coefficient (Wildman–Crippen LogP) is 4.25. The van der Waals surface area contributed by atoms with Crippen LogP contribution in [0.15, 0.2) is 64.9 Å². The zero-order valence-electron chi connectivity index (χ0n) is 17.5. The molecule has 1 aliphatic rings. The Kier molecular flexibility index (Phi) is 6.13. The molecule has 31 heavy (non-hydrogen) atoms. The highest BCUT2D eigenvalue weighted by Gasteiger charge is 2.21. The molecular weight excluding hydrogens is 430 g/mol. The van der Waals surface area contributed by atoms with Gasteiger partial charge in [0.15, 0.2) is 0 Å². The van der Waals surface area contributed by atoms with Crippen LogP contribution in [0.1, 0.15) is 34.6 Å². The van der Waals surface area contributed by atoms with Gasteiger partial charge in [0.2, 0.25) is 10.0 Å². The van der Waals surface area contributed by atoms with E-state index in [1.807, 2.05) is 24.3 Å². The molecule has 6 nitrogen and oxygen atoms in total. The number of fused-ring (bicyclic) bond motifs is 1. The summed E-state index contributed by atoms with van der Waals surface area (Å²) in [7, 11) is -3.59. The van der Waals surface area contributed by atoms with Crippen molar-refractivity contribution in [2.75, 3.05) is 16.8 Å². The van der Waals surface area contributed by atoms with E-state index in [1.165, 1.54) is 34.7 Å². The molecule has 0 saturated heterocycles. The standard InChI is InChI=1S/C23H25N3O3S2/c1-16(2)25-31(28,29)19-9-7-17(8-10-19)23(27)24-20-5-3-4-6-21(20)26-13-11-22-18(15-26)12-14-30-22/h3-10,12,14,16,25H,11,13,15H2,1-2H3,(H,24,27). The average Bonchev–Trinajstić information content (AvgIpc) is 3.21. The molecule has 0 aliphatic carbocycles. The Bertz CT molecular complexity index is 1180. The van der Waals surface area contributed by atoms with Gasteiger partial charge in [0.25, 0.3) is 5.91 Å². The maximum absolute atomic E-state index is 12.9. The quantitative estimate of drug-likeness (QED) is 0.582. The molecule has 8 heteroatoms. The summed E-state index contributed by atoms with van der Waals surface area (Å²) >= 11 is 1.80. The Hall–Kier alpha value is -2.68. The predicted molar refractivity (Wildman–Crippen MR) is 125 cm³/mol. The third-order valence-corrected chi connectivity index (χ3v) is 7.82. The molecule has 0 saturated carbocycles. The van der Waals surface area contributed by atoms with Crippen molar-refractivity contribution in [3.05, 3.63) is 76.0 Å². The maximum Gasteiger partial charge on any atom is 0.255 e. The third-order valence-electron chi connectivity index (χ3n) is 5.12. The van der Waals surface area contributed by atoms with E-state index >= 15 is 0 Å². The van der Waals surface area contributed by atoms with Crippen molar-refractivity contribution in [3.63, 3.8) is 0 Å². The van der Waals surface area contributed by atoms with Gasteiger partial charge in [-0.05, 0) is 73.7 Å². The number of rotatable bonds is 6. The van der Waals surface area contributed by atoms with Gasteiger partial charge in [-0.1, -0.05) is 12.1 Å². The molecule has 0 radical (unpaired) electrons. The van der Waals surface area contributed by atoms with Gasteiger partial charge < -0.3 is 10.2 Å². The van der Waals surface area contributed by atoms with Crippen LogP contribution in [-0.4, -0.2) is 26.9 Å². The van der Waals surface area contributed by atoms with E-state index in [0.717, 1.165) is 30.9 Å². The smallest absolute Gasteiger partial charge is 0.255 e. The first-order valence-corrected chi connectivity index (χ1v) is 12.5. The lowest BCUT2D eigenvalue weighted by molar-refractivity contribution is 0.102. The van der Waals surface area contributed by atoms with Crippen LogP contribution in [0.25, 0.3) is 0 Å². The fraction of sp³-hybridized carbons (Fsp3) is 0.261. The van der Waals surface area contributed by atoms with E-state index in [0.29, 0.717) is 5.56 Å². The van der Waals surface area contributed by atoms with E-state index < -0.39 is 10.0 Å². The van der Waals surface area contributed by atoms with Crippen molar-refractivity contribution in [3.8, 4) is 0 Å². The lowest BCUT2D eigenvalue weighted by Gasteiger charge is -2.30. The van der Waals surface area contributed by atoms with Crippen LogP contribution in [0.2, 0.25) is 0 Å². The molecule has 0 bridgehead atoms. The maximum atomic E-state index is 12.9. The largest absolute Gasteiger partial charge is 0.365 e. The molecule has 0 atom stereocenters. The highest BCUT2D eigenvalue weighted by atomic mass is 32.2. The summed E-state index contributed by atoms with van der Waals surface area (Å²) < 4.78 is 27.1. The summed E-state index contributed by atoms with van der Waals surface area (Å²) in [5, 5.41) is 5.12. The number of hydrogen-bond donors (Lipinski definition) is 2. The first kappa shape index (κ1) is 21.5. The van der Waals surface area contributed by atoms with Crippen LogP contribution >= 0.6 is 11.3 Å². The second-order valence-corrected chi connectivity index (χ2v) is 10.5. The van der Waals surface area contributed by atoms with Crippen LogP contribution in [0, 0.1) is 0 Å². The van der Waals surface area contributed by atoms with Gasteiger partial charge in [0, 0.05) is 29.6 Å². The van der Waals surface area contributed by atoms with Crippen molar-refractivity contribution < 1.29 is 13.2 Å². The Morgan fingerprint density at radius 2 is 1.81 bits per heavy atom. The number of hydrogen-bond acceptors (Lipinski definition) is 5. The Morgan fingerprint density at radius 1 is 1.06 bits per heavy atom. The second kappa shape index (κ2) is 8.82. The molecule has 2 heterocycles. The van der Waals surface area contributed by atoms with Gasteiger partial charge in [0.05, 0.1) is 16.3 Å². The van der Waals surface area contributed by atoms with Crippen molar-refractivity contribution >= 4 is 38.6 Å². The fourth-order valence-corrected chi connectivity index (χ4v) is 5.81. The molecule has 1 aromatic heterocycles. The number of thiophene rings is 1. The zero-order valence-corrected chi connectivity index (χ0v) is 19.1. The SMILES string of the molecule is CC(C)NS(=O)(=O)c1ccc(C(=O)Nc2ccccc2N2CCc3sccc3C2)cc1. The number of sulfonamides is 1. The molecule has 0 unspecified atom stereocenters. The Morgan fingerprint density at radius 3 is 2.55 bits per heavy atom. The summed E-state index contributed by atoms with van der Waals surface area (Å²) in [6.45, 7) is 5.24. The fourth-order valence-electron chi connectivity index (χ4n) is 3.67. The summed E-state index contributed by atoms with van der Waals surface area (Å²) in [4.78, 5) is 16.7. The first-order chi connectivity index (χ1) is 14.8. The van der Waals surface area contributed by atoms with Gasteiger partial charge in [-0.2, -0.15) is 0 Å². The molecule has 0 fully saturated rings. The normalized spacial score (nSPS) is 13.8. The number of amides is 1. The average molecular weight is 456 g/mol. The molecule has 3 aromatic rings. The minimum absolute atomic E-state index is 0.137. The number of nitrogens with one attached hydrogen (secondary N) is 2. The van der Waals surface area contributed by atoms with E-state index in [4.69, 9.17) is 0 Å². The van der Waals surface area contributed by atoms with Crippen LogP contribution in [-0.2, 0) is 23.0 Å². The van der Waals surface area contributed by atoms with Crippen molar-refractivity contribution in [2.45, 2.75) is 37.8 Å². The van der Waals surface area contributed by atoms with Gasteiger partial charge in [-0.15, -0.1) is 11.3 Å². The zero-order chi connectivity index (χ0) is 22.0. The van der Waals surface area contributed by atoms with Gasteiger partial charge in [-0.3, -0.25) is 4.79 Å². The van der Waals surface area contributed by atoms with Crippen LogP contribution in [0.4, 0.5) is 11.4 Å². The van der Waals surface area contributed by atoms with Gasteiger partial charge in [-0.25, -0.2) is 13.1 Å². The lowest BCUT2D eigenvalue weighted by atomic mass is 10.1. The molecular formula is C23H25N3O3S2. The summed E-state index contributed by atoms with van der Waals surface area (Å²) in [5.41, 5.74) is 3.46. The van der Waals surface area contributed by atoms with E-state index in [9.17, 15) is 13.2 Å². The Balaban J connectivity index is 1.51. The minimum atomic E-state index is -3.59. The highest BCUT2D eigenvalue weighted by molar-refractivity contribution is 7.89. The molecule has 1 aliphatic heterocycles. The van der Waals surface area contributed by atoms with Gasteiger partial charge >= 0.3 is 0 Å². The lowest BCUT2D eigenvalue weighted by Crippen LogP contribution is -2.30. The summed E-state index contributed by atoms with van der Waals surface area (Å²) in [6.07, 6.45) is 0.996. The van der Waals surface area contributed by atoms with Crippen molar-refractivity contribution in [2.24, 2.45) is 0 Å². The van der Waals surface area contributed by atoms with Crippen LogP contribution in [0.3, 0.4) is 0 Å². The molecule has 4 rings (SSSR count). The minimum Gasteiger partial charge on any atom is -0.365 e. The number of benzene rings is 2. The van der Waals surface area contributed by atoms with Crippen LogP contribution < -0.4 is 14.9 Å². The number of carbonyl (C=O) groups excluding carboxylic acids is 1. The molecule has 0 spiro atoms. The Labute approximate surface area is 187 Å². The second-order valence-electron chi connectivity index (χ2n) is 7.81. The molecule has 162 valence electrons. The monoisotopic (exact) mass is 455 g/mol. The van der Waals surface area contributed by atoms with E-state index in [1.54, 1.807) is 25.2 Å². The number of carbonyl (C=O) groups is 1. The molecule has 1 amide bonds. The van der Waals surface area contributed by atoms with Crippen LogP contribution in [0.5, 0.6) is 0 Å². The third kappa shape index (κ3) is 4.81. The summed E-state index contributed by atoms with van der Waals surface area (Å²) in [5.74, 6) is -0.276. The highest BCUT2D eigenvalue weighted by Crippen LogP contribution is 2.32. The number of nitrogens with zero attached hydrogens (tertiary/aromatic N) is 1. The molecule has 2 N–H and O–H groups in total. The van der Waals surface area contributed by atoms with E-state index in [2.05, 4.69) is 26.4 Å². The van der Waals surface area contributed by atoms with Crippen molar-refractivity contribution in [1.82, 2.24) is 4.72 Å². The van der Waals surface area contributed by atoms with E-state index in [-0.39, 0.29) is 16.8 Å². The molecule has 2 aromatic carbocycles. The van der Waals surface area contributed by atoms with Gasteiger partial charge in [0.1, 0.15) is 0 Å².